The lowest BCUT2D eigenvalue weighted by Gasteiger charge is -2.15. The maximum Gasteiger partial charge on any atom is 0.326 e. The van der Waals surface area contributed by atoms with Gasteiger partial charge in [-0.05, 0) is 17.0 Å². The minimum Gasteiger partial charge on any atom is -0.480 e. The van der Waals surface area contributed by atoms with Crippen LogP contribution in [0.1, 0.15) is 11.1 Å². The van der Waals surface area contributed by atoms with Gasteiger partial charge in [-0.15, -0.1) is 0 Å². The first-order chi connectivity index (χ1) is 15.2. The SMILES string of the molecule is N=C(N)c1ccc(CC(NC(=O)CNS(=O)(=O)c2cccc3ccccc23)C(=O)O)cc1. The third-order valence-corrected chi connectivity index (χ3v) is 6.26. The number of carboxylic acid groups (broad SMARTS) is 1. The lowest BCUT2D eigenvalue weighted by molar-refractivity contribution is -0.141. The second-order valence-electron chi connectivity index (χ2n) is 7.07. The van der Waals surface area contributed by atoms with Crippen LogP contribution >= 0.6 is 0 Å². The number of carboxylic acids is 1. The Hall–Kier alpha value is -3.76. The van der Waals surface area contributed by atoms with E-state index in [9.17, 15) is 23.1 Å². The third-order valence-electron chi connectivity index (χ3n) is 4.80. The number of amides is 1. The highest BCUT2D eigenvalue weighted by Crippen LogP contribution is 2.22. The number of nitrogens with one attached hydrogen (secondary N) is 3. The molecule has 32 heavy (non-hydrogen) atoms. The fraction of sp³-hybridized carbons (Fsp3) is 0.136. The number of rotatable bonds is 9. The van der Waals surface area contributed by atoms with Crippen LogP contribution in [0.25, 0.3) is 10.8 Å². The Morgan fingerprint density at radius 2 is 1.66 bits per heavy atom. The number of benzene rings is 3. The molecule has 3 aromatic carbocycles. The van der Waals surface area contributed by atoms with Crippen molar-refractivity contribution in [1.82, 2.24) is 10.0 Å². The molecule has 0 fully saturated rings. The number of carbonyl (C=O) groups excluding carboxylic acids is 1. The zero-order valence-corrected chi connectivity index (χ0v) is 17.7. The molecular weight excluding hydrogens is 432 g/mol. The lowest BCUT2D eigenvalue weighted by atomic mass is 10.0. The van der Waals surface area contributed by atoms with Crippen molar-refractivity contribution >= 4 is 38.5 Å². The largest absolute Gasteiger partial charge is 0.480 e. The van der Waals surface area contributed by atoms with Crippen LogP contribution in [0, 0.1) is 5.41 Å². The van der Waals surface area contributed by atoms with E-state index in [2.05, 4.69) is 10.0 Å². The van der Waals surface area contributed by atoms with Crippen LogP contribution in [-0.4, -0.2) is 43.8 Å². The Balaban J connectivity index is 1.66. The Bertz CT molecular complexity index is 1270. The third kappa shape index (κ3) is 5.48. The number of amidine groups is 1. The summed E-state index contributed by atoms with van der Waals surface area (Å²) in [5, 5.41) is 20.4. The molecule has 0 aliphatic carbocycles. The summed E-state index contributed by atoms with van der Waals surface area (Å²) >= 11 is 0. The highest BCUT2D eigenvalue weighted by molar-refractivity contribution is 7.89. The van der Waals surface area contributed by atoms with Gasteiger partial charge in [0.15, 0.2) is 0 Å². The summed E-state index contributed by atoms with van der Waals surface area (Å²) in [5.41, 5.74) is 6.50. The number of aliphatic carboxylic acids is 1. The van der Waals surface area contributed by atoms with Gasteiger partial charge in [0.2, 0.25) is 15.9 Å². The van der Waals surface area contributed by atoms with Crippen LogP contribution in [0.3, 0.4) is 0 Å². The van der Waals surface area contributed by atoms with Crippen LogP contribution in [-0.2, 0) is 26.0 Å². The number of sulfonamides is 1. The monoisotopic (exact) mass is 454 g/mol. The molecule has 0 aliphatic heterocycles. The van der Waals surface area contributed by atoms with Crippen molar-refractivity contribution in [2.45, 2.75) is 17.4 Å². The van der Waals surface area contributed by atoms with Crippen molar-refractivity contribution in [2.24, 2.45) is 5.73 Å². The standard InChI is InChI=1S/C22H22N4O5S/c23-21(24)16-10-8-14(9-11-16)12-18(22(28)29)26-20(27)13-25-32(30,31)19-7-3-5-15-4-1-2-6-17(15)19/h1-11,18,25H,12-13H2,(H3,23,24)(H,26,27)(H,28,29). The van der Waals surface area contributed by atoms with Crippen molar-refractivity contribution < 1.29 is 23.1 Å². The number of carbonyl (C=O) groups is 2. The maximum absolute atomic E-state index is 12.7. The van der Waals surface area contributed by atoms with Gasteiger partial charge in [-0.2, -0.15) is 0 Å². The van der Waals surface area contributed by atoms with E-state index in [1.54, 1.807) is 60.7 Å². The Kier molecular flexibility index (Phi) is 6.86. The molecule has 0 saturated carbocycles. The van der Waals surface area contributed by atoms with E-state index in [1.807, 2.05) is 0 Å². The summed E-state index contributed by atoms with van der Waals surface area (Å²) in [5.74, 6) is -2.15. The van der Waals surface area contributed by atoms with Gasteiger partial charge in [0.1, 0.15) is 11.9 Å². The van der Waals surface area contributed by atoms with Crippen LogP contribution in [0.5, 0.6) is 0 Å². The molecule has 1 unspecified atom stereocenters. The topological polar surface area (TPSA) is 162 Å². The second kappa shape index (κ2) is 9.58. The lowest BCUT2D eigenvalue weighted by Crippen LogP contribution is -2.46. The highest BCUT2D eigenvalue weighted by Gasteiger charge is 2.23. The van der Waals surface area contributed by atoms with Gasteiger partial charge in [0.05, 0.1) is 11.4 Å². The van der Waals surface area contributed by atoms with Crippen molar-refractivity contribution in [2.75, 3.05) is 6.54 Å². The van der Waals surface area contributed by atoms with Crippen LogP contribution in [0.4, 0.5) is 0 Å². The molecule has 3 aromatic rings. The van der Waals surface area contributed by atoms with Crippen LogP contribution in [0.2, 0.25) is 0 Å². The first-order valence-electron chi connectivity index (χ1n) is 9.60. The quantitative estimate of drug-likeness (QED) is 0.241. The smallest absolute Gasteiger partial charge is 0.326 e. The van der Waals surface area contributed by atoms with Crippen molar-refractivity contribution in [3.05, 3.63) is 77.9 Å². The number of hydrogen-bond acceptors (Lipinski definition) is 5. The van der Waals surface area contributed by atoms with Gasteiger partial charge in [0.25, 0.3) is 0 Å². The summed E-state index contributed by atoms with van der Waals surface area (Å²) in [7, 11) is -4.00. The molecule has 1 amide bonds. The average Bonchev–Trinajstić information content (AvgIpc) is 2.77. The number of fused-ring (bicyclic) bond motifs is 1. The van der Waals surface area contributed by atoms with Crippen LogP contribution < -0.4 is 15.8 Å². The van der Waals surface area contributed by atoms with E-state index in [4.69, 9.17) is 11.1 Å². The molecular formula is C22H22N4O5S. The zero-order chi connectivity index (χ0) is 23.3. The van der Waals surface area contributed by atoms with Crippen molar-refractivity contribution in [3.8, 4) is 0 Å². The van der Waals surface area contributed by atoms with E-state index in [-0.39, 0.29) is 17.2 Å². The molecule has 0 aromatic heterocycles. The molecule has 0 radical (unpaired) electrons. The summed E-state index contributed by atoms with van der Waals surface area (Å²) in [6.07, 6.45) is -0.0185. The van der Waals surface area contributed by atoms with E-state index in [0.29, 0.717) is 16.5 Å². The first kappa shape index (κ1) is 22.9. The highest BCUT2D eigenvalue weighted by atomic mass is 32.2. The average molecular weight is 455 g/mol. The van der Waals surface area contributed by atoms with Gasteiger partial charge in [0, 0.05) is 17.4 Å². The minimum atomic E-state index is -4.00. The molecule has 166 valence electrons. The summed E-state index contributed by atoms with van der Waals surface area (Å²) in [6, 6.07) is 16.9. The Labute approximate surface area is 184 Å². The van der Waals surface area contributed by atoms with Gasteiger partial charge in [-0.3, -0.25) is 10.2 Å². The maximum atomic E-state index is 12.7. The second-order valence-corrected chi connectivity index (χ2v) is 8.81. The molecule has 1 atom stereocenters. The van der Waals surface area contributed by atoms with Gasteiger partial charge in [-0.25, -0.2) is 17.9 Å². The molecule has 0 spiro atoms. The van der Waals surface area contributed by atoms with Gasteiger partial charge in [-0.1, -0.05) is 60.7 Å². The minimum absolute atomic E-state index is 0.0185. The van der Waals surface area contributed by atoms with Gasteiger partial charge < -0.3 is 16.2 Å². The molecule has 9 nitrogen and oxygen atoms in total. The summed E-state index contributed by atoms with van der Waals surface area (Å²) in [6.45, 7) is -0.612. The Morgan fingerprint density at radius 3 is 2.31 bits per heavy atom. The molecule has 0 saturated heterocycles. The van der Waals surface area contributed by atoms with E-state index >= 15 is 0 Å². The number of hydrogen-bond donors (Lipinski definition) is 5. The van der Waals surface area contributed by atoms with Crippen molar-refractivity contribution in [3.63, 3.8) is 0 Å². The summed E-state index contributed by atoms with van der Waals surface area (Å²) < 4.78 is 27.7. The summed E-state index contributed by atoms with van der Waals surface area (Å²) in [4.78, 5) is 23.9. The molecule has 3 rings (SSSR count). The Morgan fingerprint density at radius 1 is 1.00 bits per heavy atom. The normalized spacial score (nSPS) is 12.2. The predicted octanol–water partition coefficient (Wildman–Crippen LogP) is 1.21. The zero-order valence-electron chi connectivity index (χ0n) is 16.9. The fourth-order valence-corrected chi connectivity index (χ4v) is 4.38. The van der Waals surface area contributed by atoms with E-state index < -0.39 is 34.5 Å². The fourth-order valence-electron chi connectivity index (χ4n) is 3.17. The van der Waals surface area contributed by atoms with Crippen molar-refractivity contribution in [1.29, 1.82) is 5.41 Å². The molecule has 0 bridgehead atoms. The number of nitrogen functional groups attached to an aromatic ring is 1. The molecule has 0 aliphatic rings. The van der Waals surface area contributed by atoms with Crippen LogP contribution in [0.15, 0.2) is 71.6 Å². The molecule has 0 heterocycles. The number of nitrogens with two attached hydrogens (primary N) is 1. The van der Waals surface area contributed by atoms with E-state index in [0.717, 1.165) is 5.39 Å². The van der Waals surface area contributed by atoms with Gasteiger partial charge >= 0.3 is 5.97 Å². The predicted molar refractivity (Wildman–Crippen MR) is 120 cm³/mol. The first-order valence-corrected chi connectivity index (χ1v) is 11.1. The molecule has 6 N–H and O–H groups in total. The van der Waals surface area contributed by atoms with E-state index in [1.165, 1.54) is 6.07 Å². The molecule has 10 heteroatoms.